The number of fused-ring (bicyclic) bond motifs is 1. The minimum Gasteiger partial charge on any atom is -0.312 e. The first-order valence-electron chi connectivity index (χ1n) is 7.50. The Bertz CT molecular complexity index is 609. The summed E-state index contributed by atoms with van der Waals surface area (Å²) in [5.41, 5.74) is 1.97. The van der Waals surface area contributed by atoms with Crippen LogP contribution in [-0.2, 0) is 11.2 Å². The van der Waals surface area contributed by atoms with Crippen molar-refractivity contribution in [3.05, 3.63) is 29.8 Å². The lowest BCUT2D eigenvalue weighted by atomic mass is 9.99. The lowest BCUT2D eigenvalue weighted by Crippen LogP contribution is -2.36. The molecular formula is C17H19N3O. The molecular weight excluding hydrogens is 262 g/mol. The number of terminal acetylenes is 1. The first-order valence-corrected chi connectivity index (χ1v) is 7.50. The van der Waals surface area contributed by atoms with E-state index in [1.807, 2.05) is 23.1 Å². The Morgan fingerprint density at radius 3 is 2.90 bits per heavy atom. The second kappa shape index (κ2) is 5.69. The highest BCUT2D eigenvalue weighted by Gasteiger charge is 2.39. The highest BCUT2D eigenvalue weighted by Crippen LogP contribution is 2.38. The van der Waals surface area contributed by atoms with Gasteiger partial charge in [0.25, 0.3) is 0 Å². The quantitative estimate of drug-likeness (QED) is 0.764. The zero-order valence-electron chi connectivity index (χ0n) is 12.1. The minimum atomic E-state index is -0.364. The third-order valence-electron chi connectivity index (χ3n) is 4.20. The second-order valence-corrected chi connectivity index (χ2v) is 5.66. The van der Waals surface area contributed by atoms with Crippen molar-refractivity contribution in [2.24, 2.45) is 10.2 Å². The first kappa shape index (κ1) is 13.8. The van der Waals surface area contributed by atoms with Gasteiger partial charge in [0.1, 0.15) is 0 Å². The molecule has 0 radical (unpaired) electrons. The maximum Gasteiger partial charge on any atom is 0.227 e. The molecule has 0 fully saturated rings. The molecule has 0 spiro atoms. The number of nitrogens with zero attached hydrogens (tertiary/aromatic N) is 3. The van der Waals surface area contributed by atoms with E-state index in [4.69, 9.17) is 6.42 Å². The molecule has 108 valence electrons. The fourth-order valence-electron chi connectivity index (χ4n) is 2.90. The summed E-state index contributed by atoms with van der Waals surface area (Å²) in [6, 6.07) is 8.16. The van der Waals surface area contributed by atoms with Gasteiger partial charge >= 0.3 is 0 Å². The number of hydrogen-bond donors (Lipinski definition) is 0. The van der Waals surface area contributed by atoms with Crippen LogP contribution in [0.3, 0.4) is 0 Å². The Balaban J connectivity index is 1.61. The van der Waals surface area contributed by atoms with E-state index < -0.39 is 0 Å². The van der Waals surface area contributed by atoms with Gasteiger partial charge in [0, 0.05) is 37.9 Å². The molecule has 21 heavy (non-hydrogen) atoms. The van der Waals surface area contributed by atoms with Crippen molar-refractivity contribution in [1.82, 2.24) is 0 Å². The molecule has 2 aliphatic rings. The van der Waals surface area contributed by atoms with E-state index in [0.29, 0.717) is 19.3 Å². The molecule has 2 heterocycles. The van der Waals surface area contributed by atoms with Gasteiger partial charge in [0.15, 0.2) is 5.66 Å². The Kier molecular flexibility index (Phi) is 3.74. The number of benzene rings is 1. The Hall–Kier alpha value is -2.15. The summed E-state index contributed by atoms with van der Waals surface area (Å²) >= 11 is 0. The summed E-state index contributed by atoms with van der Waals surface area (Å²) in [4.78, 5) is 14.4. The molecule has 0 unspecified atom stereocenters. The molecule has 4 nitrogen and oxygen atoms in total. The molecule has 0 saturated heterocycles. The van der Waals surface area contributed by atoms with Crippen LogP contribution in [0.25, 0.3) is 0 Å². The zero-order chi connectivity index (χ0) is 14.7. The number of rotatable bonds is 5. The normalized spacial score (nSPS) is 18.0. The van der Waals surface area contributed by atoms with Gasteiger partial charge in [-0.1, -0.05) is 18.2 Å². The van der Waals surface area contributed by atoms with Crippen LogP contribution in [0.5, 0.6) is 0 Å². The van der Waals surface area contributed by atoms with Crippen LogP contribution < -0.4 is 4.90 Å². The SMILES string of the molecule is C#CCCC1(CCC(=O)N2CCCc3ccccc32)N=N1. The number of aryl methyl sites for hydroxylation is 1. The van der Waals surface area contributed by atoms with E-state index in [1.54, 1.807) is 0 Å². The summed E-state index contributed by atoms with van der Waals surface area (Å²) in [5.74, 6) is 2.78. The fraction of sp³-hybridized carbons (Fsp3) is 0.471. The fourth-order valence-corrected chi connectivity index (χ4v) is 2.90. The second-order valence-electron chi connectivity index (χ2n) is 5.66. The highest BCUT2D eigenvalue weighted by atomic mass is 16.2. The van der Waals surface area contributed by atoms with Gasteiger partial charge in [-0.15, -0.1) is 12.3 Å². The van der Waals surface area contributed by atoms with E-state index in [1.165, 1.54) is 5.56 Å². The maximum absolute atomic E-state index is 12.5. The van der Waals surface area contributed by atoms with Crippen molar-refractivity contribution in [1.29, 1.82) is 0 Å². The van der Waals surface area contributed by atoms with E-state index in [9.17, 15) is 4.79 Å². The predicted molar refractivity (Wildman–Crippen MR) is 82.0 cm³/mol. The summed E-state index contributed by atoms with van der Waals surface area (Å²) in [6.07, 6.45) is 9.93. The van der Waals surface area contributed by atoms with Crippen LogP contribution in [-0.4, -0.2) is 18.1 Å². The first-order chi connectivity index (χ1) is 10.2. The molecule has 1 amide bonds. The van der Waals surface area contributed by atoms with Crippen molar-refractivity contribution in [2.45, 2.75) is 44.2 Å². The standard InChI is InChI=1S/C17H19N3O/c1-2-3-11-17(18-19-17)12-10-16(21)20-13-6-8-14-7-4-5-9-15(14)20/h1,4-5,7,9H,3,6,8,10-13H2. The number of carbonyl (C=O) groups excluding carboxylic acids is 1. The molecule has 3 rings (SSSR count). The summed E-state index contributed by atoms with van der Waals surface area (Å²) in [7, 11) is 0. The van der Waals surface area contributed by atoms with E-state index >= 15 is 0 Å². The molecule has 4 heteroatoms. The lowest BCUT2D eigenvalue weighted by Gasteiger charge is -2.29. The van der Waals surface area contributed by atoms with Crippen molar-refractivity contribution in [3.8, 4) is 12.3 Å². The molecule has 0 aliphatic carbocycles. The Labute approximate surface area is 125 Å². The van der Waals surface area contributed by atoms with Crippen LogP contribution in [0.4, 0.5) is 5.69 Å². The van der Waals surface area contributed by atoms with Crippen LogP contribution >= 0.6 is 0 Å². The minimum absolute atomic E-state index is 0.166. The molecule has 0 atom stereocenters. The number of amides is 1. The van der Waals surface area contributed by atoms with Gasteiger partial charge in [-0.05, 0) is 24.5 Å². The molecule has 2 aliphatic heterocycles. The van der Waals surface area contributed by atoms with Crippen LogP contribution in [0.15, 0.2) is 34.5 Å². The average Bonchev–Trinajstić information content (AvgIpc) is 3.30. The van der Waals surface area contributed by atoms with Crippen LogP contribution in [0.2, 0.25) is 0 Å². The van der Waals surface area contributed by atoms with E-state index in [0.717, 1.165) is 31.5 Å². The lowest BCUT2D eigenvalue weighted by molar-refractivity contribution is -0.119. The summed E-state index contributed by atoms with van der Waals surface area (Å²) in [6.45, 7) is 0.807. The number of carbonyl (C=O) groups is 1. The largest absolute Gasteiger partial charge is 0.312 e. The van der Waals surface area contributed by atoms with E-state index in [2.05, 4.69) is 22.2 Å². The van der Waals surface area contributed by atoms with Crippen molar-refractivity contribution >= 4 is 11.6 Å². The van der Waals surface area contributed by atoms with Gasteiger partial charge in [-0.3, -0.25) is 4.79 Å². The Morgan fingerprint density at radius 1 is 1.33 bits per heavy atom. The molecule has 0 bridgehead atoms. The molecule has 0 N–H and O–H groups in total. The van der Waals surface area contributed by atoms with Gasteiger partial charge < -0.3 is 4.90 Å². The van der Waals surface area contributed by atoms with Gasteiger partial charge in [0.2, 0.25) is 5.91 Å². The van der Waals surface area contributed by atoms with Crippen molar-refractivity contribution in [2.75, 3.05) is 11.4 Å². The van der Waals surface area contributed by atoms with Crippen molar-refractivity contribution in [3.63, 3.8) is 0 Å². The zero-order valence-corrected chi connectivity index (χ0v) is 12.1. The Morgan fingerprint density at radius 2 is 2.14 bits per heavy atom. The van der Waals surface area contributed by atoms with Gasteiger partial charge in [-0.25, -0.2) is 0 Å². The summed E-state index contributed by atoms with van der Waals surface area (Å²) in [5, 5.41) is 8.18. The third kappa shape index (κ3) is 2.97. The predicted octanol–water partition coefficient (Wildman–Crippen LogP) is 3.32. The van der Waals surface area contributed by atoms with Crippen LogP contribution in [0.1, 0.15) is 37.7 Å². The highest BCUT2D eigenvalue weighted by molar-refractivity contribution is 5.94. The maximum atomic E-state index is 12.5. The monoisotopic (exact) mass is 281 g/mol. The topological polar surface area (TPSA) is 45.0 Å². The summed E-state index contributed by atoms with van der Waals surface area (Å²) < 4.78 is 0. The number of hydrogen-bond acceptors (Lipinski definition) is 3. The number of anilines is 1. The number of para-hydroxylation sites is 1. The van der Waals surface area contributed by atoms with Crippen LogP contribution in [0, 0.1) is 12.3 Å². The third-order valence-corrected chi connectivity index (χ3v) is 4.20. The van der Waals surface area contributed by atoms with E-state index in [-0.39, 0.29) is 11.6 Å². The molecule has 0 aromatic heterocycles. The molecule has 1 aromatic carbocycles. The smallest absolute Gasteiger partial charge is 0.227 e. The molecule has 1 aromatic rings. The van der Waals surface area contributed by atoms with Crippen molar-refractivity contribution < 1.29 is 4.79 Å². The average molecular weight is 281 g/mol. The van der Waals surface area contributed by atoms with Gasteiger partial charge in [-0.2, -0.15) is 10.2 Å². The molecule has 0 saturated carbocycles. The van der Waals surface area contributed by atoms with Gasteiger partial charge in [0.05, 0.1) is 0 Å².